The van der Waals surface area contributed by atoms with Gasteiger partial charge < -0.3 is 25.0 Å². The Morgan fingerprint density at radius 3 is 2.39 bits per heavy atom. The third-order valence-electron chi connectivity index (χ3n) is 5.62. The first-order valence-corrected chi connectivity index (χ1v) is 11.9. The quantitative estimate of drug-likeness (QED) is 0.494. The van der Waals surface area contributed by atoms with Crippen molar-refractivity contribution in [2.45, 2.75) is 24.4 Å². The lowest BCUT2D eigenvalue weighted by atomic mass is 9.85. The van der Waals surface area contributed by atoms with E-state index in [2.05, 4.69) is 5.32 Å². The molecule has 2 atom stereocenters. The van der Waals surface area contributed by atoms with Crippen LogP contribution in [0.5, 0.6) is 0 Å². The number of nitrogens with zero attached hydrogens (tertiary/aromatic N) is 2. The molecule has 1 aliphatic heterocycles. The van der Waals surface area contributed by atoms with Gasteiger partial charge >= 0.3 is 5.97 Å². The molecule has 0 radical (unpaired) electrons. The second-order valence-electron chi connectivity index (χ2n) is 7.90. The highest BCUT2D eigenvalue weighted by atomic mass is 32.2. The molecule has 4 N–H and O–H groups in total. The van der Waals surface area contributed by atoms with Gasteiger partial charge in [-0.3, -0.25) is 9.59 Å². The number of nitrogens with one attached hydrogen (secondary N) is 1. The number of carbonyl (C=O) groups excluding carboxylic acids is 2. The van der Waals surface area contributed by atoms with Gasteiger partial charge in [0.2, 0.25) is 15.5 Å². The van der Waals surface area contributed by atoms with E-state index in [0.717, 1.165) is 10.8 Å². The third-order valence-corrected chi connectivity index (χ3v) is 6.85. The zero-order valence-electron chi connectivity index (χ0n) is 18.9. The molecule has 0 spiro atoms. The van der Waals surface area contributed by atoms with E-state index in [1.807, 2.05) is 0 Å². The van der Waals surface area contributed by atoms with Crippen molar-refractivity contribution in [1.82, 2.24) is 15.1 Å². The number of hydrogen-bond acceptors (Lipinski definition) is 8. The molecule has 178 valence electrons. The van der Waals surface area contributed by atoms with Gasteiger partial charge in [0.1, 0.15) is 5.60 Å². The fourth-order valence-corrected chi connectivity index (χ4v) is 5.22. The van der Waals surface area contributed by atoms with Gasteiger partial charge in [-0.15, -0.1) is 0 Å². The van der Waals surface area contributed by atoms with Crippen LogP contribution in [0.4, 0.5) is 0 Å². The number of sulfonamides is 1. The van der Waals surface area contributed by atoms with Crippen LogP contribution in [0.15, 0.2) is 48.3 Å². The summed E-state index contributed by atoms with van der Waals surface area (Å²) in [6, 6.07) is 10.2. The van der Waals surface area contributed by atoms with Crippen molar-refractivity contribution in [1.29, 1.82) is 0 Å². The summed E-state index contributed by atoms with van der Waals surface area (Å²) >= 11 is 0. The molecule has 2 aromatic rings. The molecule has 1 aliphatic rings. The van der Waals surface area contributed by atoms with Crippen LogP contribution in [-0.2, 0) is 25.2 Å². The largest absolute Gasteiger partial charge is 0.466 e. The maximum atomic E-state index is 12.4. The second kappa shape index (κ2) is 9.00. The van der Waals surface area contributed by atoms with Crippen LogP contribution in [0.1, 0.15) is 29.3 Å². The number of rotatable bonds is 7. The number of amides is 1. The number of fused-ring (bicyclic) bond motifs is 1. The molecule has 3 rings (SSSR count). The smallest absolute Gasteiger partial charge is 0.309 e. The zero-order chi connectivity index (χ0) is 24.6. The van der Waals surface area contributed by atoms with Gasteiger partial charge in [-0.05, 0) is 41.5 Å². The number of benzene rings is 2. The number of ether oxygens (including phenoxy) is 1. The van der Waals surface area contributed by atoms with Crippen molar-refractivity contribution in [2.24, 2.45) is 5.14 Å². The summed E-state index contributed by atoms with van der Waals surface area (Å²) in [7, 11) is 0.515. The Morgan fingerprint density at radius 1 is 1.18 bits per heavy atom. The van der Waals surface area contributed by atoms with Crippen LogP contribution in [0, 0.1) is 0 Å². The lowest BCUT2D eigenvalue weighted by Crippen LogP contribution is -2.48. The Bertz CT molecular complexity index is 1230. The molecule has 11 heteroatoms. The minimum atomic E-state index is -4.03. The Labute approximate surface area is 192 Å². The topological polar surface area (TPSA) is 142 Å². The van der Waals surface area contributed by atoms with Gasteiger partial charge in [-0.1, -0.05) is 18.2 Å². The number of esters is 1. The fourth-order valence-electron chi connectivity index (χ4n) is 4.14. The summed E-state index contributed by atoms with van der Waals surface area (Å²) in [5.41, 5.74) is -2.12. The molecule has 1 heterocycles. The molecule has 10 nitrogen and oxygen atoms in total. The maximum Gasteiger partial charge on any atom is 0.309 e. The highest BCUT2D eigenvalue weighted by molar-refractivity contribution is 7.89. The van der Waals surface area contributed by atoms with E-state index < -0.39 is 33.5 Å². The Kier molecular flexibility index (Phi) is 6.68. The number of likely N-dealkylation sites (N-methyl/N-ethyl adjacent to an activating group) is 1. The first-order valence-electron chi connectivity index (χ1n) is 10.3. The molecule has 0 bridgehead atoms. The van der Waals surface area contributed by atoms with Crippen molar-refractivity contribution in [2.75, 3.05) is 27.7 Å². The van der Waals surface area contributed by atoms with Crippen LogP contribution in [0.3, 0.4) is 0 Å². The molecule has 1 amide bonds. The molecule has 0 saturated heterocycles. The minimum absolute atomic E-state index is 0.128. The monoisotopic (exact) mass is 476 g/mol. The van der Waals surface area contributed by atoms with E-state index in [1.54, 1.807) is 50.4 Å². The average Bonchev–Trinajstić information content (AvgIpc) is 3.07. The van der Waals surface area contributed by atoms with E-state index in [0.29, 0.717) is 11.1 Å². The summed E-state index contributed by atoms with van der Waals surface area (Å²) in [5.74, 6) is -0.874. The normalized spacial score (nSPS) is 18.1. The summed E-state index contributed by atoms with van der Waals surface area (Å²) in [6.45, 7) is 1.78. The van der Waals surface area contributed by atoms with Crippen molar-refractivity contribution in [3.05, 3.63) is 59.4 Å². The molecule has 1 unspecified atom stereocenters. The first-order chi connectivity index (χ1) is 15.4. The molecule has 0 saturated carbocycles. The molecule has 33 heavy (non-hydrogen) atoms. The molecular formula is C22H28N4O6S. The third kappa shape index (κ3) is 4.65. The van der Waals surface area contributed by atoms with E-state index in [4.69, 9.17) is 9.88 Å². The molecule has 2 aromatic carbocycles. The van der Waals surface area contributed by atoms with Gasteiger partial charge in [0.25, 0.3) is 5.91 Å². The Balaban J connectivity index is 2.12. The molecule has 0 aliphatic carbocycles. The fraction of sp³-hybridized carbons (Fsp3) is 0.364. The van der Waals surface area contributed by atoms with Crippen LogP contribution in [0.25, 0.3) is 10.8 Å². The van der Waals surface area contributed by atoms with Gasteiger partial charge in [-0.25, -0.2) is 13.6 Å². The van der Waals surface area contributed by atoms with Crippen LogP contribution in [-0.4, -0.2) is 68.4 Å². The highest BCUT2D eigenvalue weighted by Gasteiger charge is 2.47. The van der Waals surface area contributed by atoms with Crippen LogP contribution < -0.4 is 10.5 Å². The predicted octanol–water partition coefficient (Wildman–Crippen LogP) is 0.631. The number of carbonyl (C=O) groups is 2. The molecular weight excluding hydrogens is 448 g/mol. The summed E-state index contributed by atoms with van der Waals surface area (Å²) in [5, 5.41) is 21.3. The highest BCUT2D eigenvalue weighted by Crippen LogP contribution is 2.40. The number of hydrogen-bond donors (Lipinski definition) is 3. The average molecular weight is 477 g/mol. The van der Waals surface area contributed by atoms with Gasteiger partial charge in [0.15, 0.2) is 0 Å². The van der Waals surface area contributed by atoms with Crippen molar-refractivity contribution in [3.63, 3.8) is 0 Å². The Morgan fingerprint density at radius 2 is 1.82 bits per heavy atom. The van der Waals surface area contributed by atoms with E-state index in [9.17, 15) is 23.1 Å². The van der Waals surface area contributed by atoms with Crippen molar-refractivity contribution >= 4 is 32.7 Å². The first kappa shape index (κ1) is 24.5. The molecule has 0 fully saturated rings. The van der Waals surface area contributed by atoms with E-state index >= 15 is 0 Å². The maximum absolute atomic E-state index is 12.4. The van der Waals surface area contributed by atoms with Gasteiger partial charge in [0.05, 0.1) is 18.7 Å². The lowest BCUT2D eigenvalue weighted by Gasteiger charge is -2.35. The van der Waals surface area contributed by atoms with Gasteiger partial charge in [-0.2, -0.15) is 0 Å². The van der Waals surface area contributed by atoms with E-state index in [1.165, 1.54) is 30.1 Å². The van der Waals surface area contributed by atoms with Crippen molar-refractivity contribution in [3.8, 4) is 0 Å². The number of primary sulfonamides is 1. The standard InChI is InChI=1S/C22H28N4O6S/c1-5-32-19(27)12-22(29,18-13-25(3)21(26(18)4)33(23,30)31)17-9-8-14-10-16(20(28)24-2)7-6-15(14)11-17/h6-11,13,21,29H,5,12H2,1-4H3,(H,24,28)(H2,23,30,31)/t21?,22-/m0/s1. The Hall–Kier alpha value is -3.15. The summed E-state index contributed by atoms with van der Waals surface area (Å²) in [6.07, 6.45) is 1.01. The summed E-state index contributed by atoms with van der Waals surface area (Å²) < 4.78 is 29.3. The van der Waals surface area contributed by atoms with E-state index in [-0.39, 0.29) is 18.2 Å². The van der Waals surface area contributed by atoms with Crippen LogP contribution >= 0.6 is 0 Å². The second-order valence-corrected chi connectivity index (χ2v) is 9.50. The van der Waals surface area contributed by atoms with Gasteiger partial charge in [0, 0.05) is 32.9 Å². The summed E-state index contributed by atoms with van der Waals surface area (Å²) in [4.78, 5) is 27.1. The number of nitrogens with two attached hydrogens (primary N) is 1. The van der Waals surface area contributed by atoms with Crippen LogP contribution in [0.2, 0.25) is 0 Å². The van der Waals surface area contributed by atoms with Crippen molar-refractivity contribution < 1.29 is 27.9 Å². The zero-order valence-corrected chi connectivity index (χ0v) is 19.7. The molecule has 0 aromatic heterocycles. The minimum Gasteiger partial charge on any atom is -0.466 e. The SMILES string of the molecule is CCOC(=O)C[C@@](O)(C1=CN(C)C(S(N)(=O)=O)N1C)c1ccc2cc(C(=O)NC)ccc2c1. The number of aliphatic hydroxyl groups is 1. The lowest BCUT2D eigenvalue weighted by molar-refractivity contribution is -0.148. The predicted molar refractivity (Wildman–Crippen MR) is 123 cm³/mol.